The molecule has 0 fully saturated rings. The molecule has 1 rings (SSSR count). The third kappa shape index (κ3) is 1.54. The molecule has 0 bridgehead atoms. The van der Waals surface area contributed by atoms with Gasteiger partial charge in [-0.15, -0.1) is 0 Å². The average molecular weight is 186 g/mol. The van der Waals surface area contributed by atoms with Gasteiger partial charge in [0.15, 0.2) is 5.82 Å². The van der Waals surface area contributed by atoms with E-state index in [4.69, 9.17) is 0 Å². The van der Waals surface area contributed by atoms with Gasteiger partial charge in [0.1, 0.15) is 5.69 Å². The molecule has 0 aliphatic heterocycles. The normalized spacial score (nSPS) is 14.8. The molecule has 2 nitrogen and oxygen atoms in total. The first-order chi connectivity index (χ1) is 5.43. The quantitative estimate of drug-likeness (QED) is 0.668. The topological polar surface area (TPSA) is 28.7 Å². The number of hydrogen-bond acceptors (Lipinski definition) is 1. The van der Waals surface area contributed by atoms with Crippen LogP contribution in [0.1, 0.15) is 11.9 Å². The molecular weight excluding hydrogens is 183 g/mol. The third-order valence-electron chi connectivity index (χ3n) is 1.16. The van der Waals surface area contributed by atoms with Crippen LogP contribution in [0.4, 0.5) is 22.0 Å². The molecule has 0 amide bonds. The van der Waals surface area contributed by atoms with Crippen molar-refractivity contribution in [3.8, 4) is 0 Å². The van der Waals surface area contributed by atoms with E-state index < -0.39 is 23.9 Å². The summed E-state index contributed by atoms with van der Waals surface area (Å²) in [4.78, 5) is 0. The minimum atomic E-state index is -5.10. The van der Waals surface area contributed by atoms with Crippen molar-refractivity contribution < 1.29 is 22.0 Å². The van der Waals surface area contributed by atoms with Gasteiger partial charge in [0.05, 0.1) is 6.20 Å². The molecule has 1 N–H and O–H groups in total. The molecule has 12 heavy (non-hydrogen) atoms. The maximum absolute atomic E-state index is 12.3. The number of alkyl halides is 4. The summed E-state index contributed by atoms with van der Waals surface area (Å²) in [7, 11) is 0. The Hall–Kier alpha value is -1.14. The Balaban J connectivity index is 2.92. The fourth-order valence-electron chi connectivity index (χ4n) is 0.623. The van der Waals surface area contributed by atoms with Crippen molar-refractivity contribution in [1.82, 2.24) is 10.2 Å². The monoisotopic (exact) mass is 186 g/mol. The van der Waals surface area contributed by atoms with Gasteiger partial charge < -0.3 is 0 Å². The van der Waals surface area contributed by atoms with Crippen molar-refractivity contribution in [1.29, 1.82) is 0 Å². The smallest absolute Gasteiger partial charge is 0.276 e. The van der Waals surface area contributed by atoms with Crippen LogP contribution in [0, 0.1) is 5.82 Å². The predicted molar refractivity (Wildman–Crippen MR) is 28.4 cm³/mol. The van der Waals surface area contributed by atoms with Gasteiger partial charge in [-0.3, -0.25) is 5.10 Å². The summed E-state index contributed by atoms with van der Waals surface area (Å²) in [6.07, 6.45) is -7.97. The third-order valence-corrected chi connectivity index (χ3v) is 1.16. The zero-order chi connectivity index (χ0) is 9.35. The lowest BCUT2D eigenvalue weighted by atomic mass is 10.2. The first-order valence-electron chi connectivity index (χ1n) is 2.82. The van der Waals surface area contributed by atoms with Gasteiger partial charge in [-0.2, -0.15) is 18.3 Å². The molecule has 68 valence electrons. The molecule has 7 heteroatoms. The second-order valence-electron chi connectivity index (χ2n) is 2.04. The Labute approximate surface area is 63.4 Å². The molecule has 1 unspecified atom stereocenters. The molecule has 0 aromatic carbocycles. The Morgan fingerprint density at radius 1 is 1.42 bits per heavy atom. The number of halogens is 5. The molecule has 1 aromatic rings. The summed E-state index contributed by atoms with van der Waals surface area (Å²) in [5.41, 5.74) is -1.19. The van der Waals surface area contributed by atoms with Gasteiger partial charge in [-0.05, 0) is 0 Å². The summed E-state index contributed by atoms with van der Waals surface area (Å²) in [6.45, 7) is 0. The van der Waals surface area contributed by atoms with E-state index in [9.17, 15) is 22.0 Å². The summed E-state index contributed by atoms with van der Waals surface area (Å²) in [6, 6.07) is 0. The highest BCUT2D eigenvalue weighted by atomic mass is 19.4. The van der Waals surface area contributed by atoms with Crippen LogP contribution >= 0.6 is 0 Å². The van der Waals surface area contributed by atoms with E-state index in [0.29, 0.717) is 6.20 Å². The first kappa shape index (κ1) is 8.95. The van der Waals surface area contributed by atoms with Crippen molar-refractivity contribution in [3.63, 3.8) is 0 Å². The maximum atomic E-state index is 12.3. The zero-order valence-electron chi connectivity index (χ0n) is 5.49. The van der Waals surface area contributed by atoms with Crippen molar-refractivity contribution in [3.05, 3.63) is 17.7 Å². The standard InChI is InChI=1S/C5H3F5N2/c6-2-1-11-12-3(2)4(7)5(8,9)10/h1,4H,(H,11,12). The minimum Gasteiger partial charge on any atom is -0.276 e. The van der Waals surface area contributed by atoms with Crippen LogP contribution in [0.3, 0.4) is 0 Å². The largest absolute Gasteiger partial charge is 0.425 e. The van der Waals surface area contributed by atoms with E-state index in [1.165, 1.54) is 0 Å². The summed E-state index contributed by atoms with van der Waals surface area (Å²) >= 11 is 0. The predicted octanol–water partition coefficient (Wildman–Crippen LogP) is 2.12. The van der Waals surface area contributed by atoms with Crippen molar-refractivity contribution in [2.45, 2.75) is 12.3 Å². The molecule has 1 heterocycles. The number of hydrogen-bond donors (Lipinski definition) is 1. The lowest BCUT2D eigenvalue weighted by molar-refractivity contribution is -0.184. The number of aromatic nitrogens is 2. The molecule has 0 radical (unpaired) electrons. The summed E-state index contributed by atoms with van der Waals surface area (Å²) < 4.78 is 59.4. The van der Waals surface area contributed by atoms with Crippen LogP contribution in [0.25, 0.3) is 0 Å². The highest BCUT2D eigenvalue weighted by Crippen LogP contribution is 2.35. The molecule has 0 spiro atoms. The van der Waals surface area contributed by atoms with Crippen LogP contribution in [-0.2, 0) is 0 Å². The average Bonchev–Trinajstić information content (AvgIpc) is 2.31. The second kappa shape index (κ2) is 2.72. The lowest BCUT2D eigenvalue weighted by Crippen LogP contribution is -2.17. The van der Waals surface area contributed by atoms with Gasteiger partial charge in [-0.1, -0.05) is 0 Å². The Bertz CT molecular complexity index is 265. The highest BCUT2D eigenvalue weighted by Gasteiger charge is 2.43. The van der Waals surface area contributed by atoms with E-state index in [0.717, 1.165) is 0 Å². The molecule has 0 aliphatic rings. The van der Waals surface area contributed by atoms with Gasteiger partial charge in [0, 0.05) is 0 Å². The molecule has 0 saturated heterocycles. The van der Waals surface area contributed by atoms with E-state index in [-0.39, 0.29) is 0 Å². The number of aromatic amines is 1. The van der Waals surface area contributed by atoms with Gasteiger partial charge in [-0.25, -0.2) is 8.78 Å². The van der Waals surface area contributed by atoms with Crippen LogP contribution < -0.4 is 0 Å². The van der Waals surface area contributed by atoms with E-state index in [2.05, 4.69) is 5.10 Å². The first-order valence-corrected chi connectivity index (χ1v) is 2.82. The Morgan fingerprint density at radius 2 is 2.00 bits per heavy atom. The lowest BCUT2D eigenvalue weighted by Gasteiger charge is -2.09. The number of rotatable bonds is 1. The van der Waals surface area contributed by atoms with Crippen molar-refractivity contribution >= 4 is 0 Å². The molecule has 0 aliphatic carbocycles. The molecular formula is C5H3F5N2. The Kier molecular flexibility index (Phi) is 2.03. The van der Waals surface area contributed by atoms with E-state index >= 15 is 0 Å². The minimum absolute atomic E-state index is 0.480. The Morgan fingerprint density at radius 3 is 2.33 bits per heavy atom. The molecule has 0 saturated carbocycles. The number of nitrogens with zero attached hydrogens (tertiary/aromatic N) is 1. The van der Waals surface area contributed by atoms with Gasteiger partial charge in [0.25, 0.3) is 0 Å². The second-order valence-corrected chi connectivity index (χ2v) is 2.04. The maximum Gasteiger partial charge on any atom is 0.425 e. The van der Waals surface area contributed by atoms with E-state index in [1.807, 2.05) is 0 Å². The van der Waals surface area contributed by atoms with E-state index in [1.54, 1.807) is 5.10 Å². The van der Waals surface area contributed by atoms with Gasteiger partial charge in [0.2, 0.25) is 6.17 Å². The van der Waals surface area contributed by atoms with Crippen LogP contribution in [0.2, 0.25) is 0 Å². The zero-order valence-corrected chi connectivity index (χ0v) is 5.49. The highest BCUT2D eigenvalue weighted by molar-refractivity contribution is 5.07. The number of nitrogens with one attached hydrogen (secondary N) is 1. The van der Waals surface area contributed by atoms with Crippen LogP contribution in [-0.4, -0.2) is 16.4 Å². The van der Waals surface area contributed by atoms with Crippen molar-refractivity contribution in [2.24, 2.45) is 0 Å². The number of H-pyrrole nitrogens is 1. The van der Waals surface area contributed by atoms with Gasteiger partial charge >= 0.3 is 6.18 Å². The molecule has 1 atom stereocenters. The SMILES string of the molecule is Fc1cn[nH]c1C(F)C(F)(F)F. The van der Waals surface area contributed by atoms with Crippen molar-refractivity contribution in [2.75, 3.05) is 0 Å². The summed E-state index contributed by atoms with van der Waals surface area (Å²) in [5.74, 6) is -1.33. The molecule has 1 aromatic heterocycles. The fraction of sp³-hybridized carbons (Fsp3) is 0.400. The van der Waals surface area contributed by atoms with Crippen LogP contribution in [0.5, 0.6) is 0 Å². The summed E-state index contributed by atoms with van der Waals surface area (Å²) in [5, 5.41) is 4.51. The fourth-order valence-corrected chi connectivity index (χ4v) is 0.623. The van der Waals surface area contributed by atoms with Crippen LogP contribution in [0.15, 0.2) is 6.20 Å².